The first-order valence-electron chi connectivity index (χ1n) is 8.43. The summed E-state index contributed by atoms with van der Waals surface area (Å²) in [6, 6.07) is 4.14. The van der Waals surface area contributed by atoms with Crippen molar-refractivity contribution in [2.24, 2.45) is 0 Å². The third-order valence-corrected chi connectivity index (χ3v) is 3.68. The van der Waals surface area contributed by atoms with E-state index in [0.717, 1.165) is 6.20 Å². The lowest BCUT2D eigenvalue weighted by Crippen LogP contribution is -2.14. The first kappa shape index (κ1) is 21.2. The molecule has 0 aliphatic carbocycles. The van der Waals surface area contributed by atoms with E-state index in [1.807, 2.05) is 0 Å². The van der Waals surface area contributed by atoms with Gasteiger partial charge in [0.1, 0.15) is 30.3 Å². The lowest BCUT2D eigenvalue weighted by Gasteiger charge is -2.11. The van der Waals surface area contributed by atoms with Crippen LogP contribution in [0.4, 0.5) is 13.2 Å². The van der Waals surface area contributed by atoms with Gasteiger partial charge < -0.3 is 9.47 Å². The molecule has 0 bridgehead atoms. The van der Waals surface area contributed by atoms with Crippen molar-refractivity contribution < 1.29 is 32.2 Å². The third kappa shape index (κ3) is 5.21. The van der Waals surface area contributed by atoms with Gasteiger partial charge in [-0.05, 0) is 19.1 Å². The van der Waals surface area contributed by atoms with Crippen LogP contribution >= 0.6 is 0 Å². The SMILES string of the molecule is C=CCOc1cccc(F)c1Cc1cn(C(F)F)nc1C(=O)CC(=O)OCC. The fourth-order valence-electron chi connectivity index (χ4n) is 2.51. The summed E-state index contributed by atoms with van der Waals surface area (Å²) in [5.41, 5.74) is -0.224. The predicted molar refractivity (Wildman–Crippen MR) is 94.0 cm³/mol. The Labute approximate surface area is 159 Å². The van der Waals surface area contributed by atoms with Crippen LogP contribution in [0.2, 0.25) is 0 Å². The van der Waals surface area contributed by atoms with Crippen molar-refractivity contribution >= 4 is 11.8 Å². The number of nitrogens with zero attached hydrogens (tertiary/aromatic N) is 2. The molecule has 0 radical (unpaired) electrons. The Hall–Kier alpha value is -3.10. The monoisotopic (exact) mass is 396 g/mol. The van der Waals surface area contributed by atoms with Gasteiger partial charge in [-0.25, -0.2) is 9.07 Å². The molecular formula is C19H19F3N2O4. The Morgan fingerprint density at radius 2 is 2.11 bits per heavy atom. The number of hydrogen-bond acceptors (Lipinski definition) is 5. The second kappa shape index (κ2) is 9.72. The first-order valence-corrected chi connectivity index (χ1v) is 8.43. The van der Waals surface area contributed by atoms with Crippen LogP contribution in [0.5, 0.6) is 5.75 Å². The molecule has 9 heteroatoms. The second-order valence-corrected chi connectivity index (χ2v) is 5.66. The van der Waals surface area contributed by atoms with Gasteiger partial charge in [-0.2, -0.15) is 13.9 Å². The predicted octanol–water partition coefficient (Wildman–Crippen LogP) is 3.71. The quantitative estimate of drug-likeness (QED) is 0.265. The minimum absolute atomic E-state index is 0.0446. The summed E-state index contributed by atoms with van der Waals surface area (Å²) in [7, 11) is 0. The Kier molecular flexibility index (Phi) is 7.36. The van der Waals surface area contributed by atoms with Crippen LogP contribution in [0.25, 0.3) is 0 Å². The number of hydrogen-bond donors (Lipinski definition) is 0. The summed E-state index contributed by atoms with van der Waals surface area (Å²) < 4.78 is 50.8. The highest BCUT2D eigenvalue weighted by Crippen LogP contribution is 2.27. The Morgan fingerprint density at radius 1 is 1.36 bits per heavy atom. The molecule has 150 valence electrons. The number of esters is 1. The zero-order chi connectivity index (χ0) is 20.7. The molecule has 28 heavy (non-hydrogen) atoms. The van der Waals surface area contributed by atoms with Gasteiger partial charge in [0, 0.05) is 23.7 Å². The van der Waals surface area contributed by atoms with Gasteiger partial charge in [0.05, 0.1) is 6.61 Å². The number of rotatable bonds is 10. The van der Waals surface area contributed by atoms with Crippen molar-refractivity contribution in [3.63, 3.8) is 0 Å². The van der Waals surface area contributed by atoms with Gasteiger partial charge >= 0.3 is 12.5 Å². The van der Waals surface area contributed by atoms with Crippen LogP contribution in [0.1, 0.15) is 41.5 Å². The average Bonchev–Trinajstić information content (AvgIpc) is 3.07. The number of carbonyl (C=O) groups excluding carboxylic acids is 2. The van der Waals surface area contributed by atoms with E-state index in [1.165, 1.54) is 24.3 Å². The summed E-state index contributed by atoms with van der Waals surface area (Å²) >= 11 is 0. The highest BCUT2D eigenvalue weighted by Gasteiger charge is 2.24. The van der Waals surface area contributed by atoms with E-state index in [1.54, 1.807) is 6.92 Å². The molecule has 2 aromatic rings. The summed E-state index contributed by atoms with van der Waals surface area (Å²) in [5.74, 6) is -2.03. The standard InChI is InChI=1S/C19H19F3N2O4/c1-3-8-28-16-7-5-6-14(20)13(16)9-12-11-24(19(21)22)23-18(12)15(25)10-17(26)27-4-2/h3,5-7,11,19H,1,4,8-10H2,2H3. The maximum atomic E-state index is 14.3. The van der Waals surface area contributed by atoms with Crippen molar-refractivity contribution in [1.29, 1.82) is 0 Å². The Morgan fingerprint density at radius 3 is 2.75 bits per heavy atom. The van der Waals surface area contributed by atoms with E-state index in [2.05, 4.69) is 11.7 Å². The summed E-state index contributed by atoms with van der Waals surface area (Å²) in [4.78, 5) is 23.9. The molecule has 2 rings (SSSR count). The van der Waals surface area contributed by atoms with Crippen LogP contribution < -0.4 is 4.74 Å². The maximum absolute atomic E-state index is 14.3. The van der Waals surface area contributed by atoms with Crippen molar-refractivity contribution in [2.75, 3.05) is 13.2 Å². The number of benzene rings is 1. The fourth-order valence-corrected chi connectivity index (χ4v) is 2.51. The minimum Gasteiger partial charge on any atom is -0.489 e. The topological polar surface area (TPSA) is 70.4 Å². The second-order valence-electron chi connectivity index (χ2n) is 5.66. The van der Waals surface area contributed by atoms with E-state index in [9.17, 15) is 22.8 Å². The molecule has 0 fully saturated rings. The van der Waals surface area contributed by atoms with E-state index in [-0.39, 0.29) is 42.2 Å². The van der Waals surface area contributed by atoms with Gasteiger partial charge in [0.2, 0.25) is 0 Å². The summed E-state index contributed by atoms with van der Waals surface area (Å²) in [6.07, 6.45) is 1.54. The molecule has 0 spiro atoms. The molecule has 0 aliphatic rings. The molecule has 0 atom stereocenters. The van der Waals surface area contributed by atoms with E-state index < -0.39 is 30.5 Å². The van der Waals surface area contributed by atoms with Crippen LogP contribution in [0.3, 0.4) is 0 Å². The van der Waals surface area contributed by atoms with Gasteiger partial charge in [-0.1, -0.05) is 18.7 Å². The normalized spacial score (nSPS) is 10.8. The van der Waals surface area contributed by atoms with E-state index in [0.29, 0.717) is 4.68 Å². The molecule has 0 amide bonds. The highest BCUT2D eigenvalue weighted by atomic mass is 19.3. The highest BCUT2D eigenvalue weighted by molar-refractivity contribution is 6.05. The van der Waals surface area contributed by atoms with Gasteiger partial charge in [0.15, 0.2) is 5.78 Å². The van der Waals surface area contributed by atoms with Crippen molar-refractivity contribution in [1.82, 2.24) is 9.78 Å². The summed E-state index contributed by atoms with van der Waals surface area (Å²) in [5, 5.41) is 3.57. The molecule has 1 heterocycles. The molecule has 0 aliphatic heterocycles. The molecule has 1 aromatic carbocycles. The maximum Gasteiger partial charge on any atom is 0.333 e. The molecule has 1 aromatic heterocycles. The van der Waals surface area contributed by atoms with Gasteiger partial charge in [-0.15, -0.1) is 0 Å². The van der Waals surface area contributed by atoms with Crippen molar-refractivity contribution in [3.05, 3.63) is 59.7 Å². The van der Waals surface area contributed by atoms with E-state index in [4.69, 9.17) is 9.47 Å². The molecular weight excluding hydrogens is 377 g/mol. The number of Topliss-reactive ketones (excluding diaryl/α,β-unsaturated/α-hetero) is 1. The third-order valence-electron chi connectivity index (χ3n) is 3.68. The number of halogens is 3. The zero-order valence-corrected chi connectivity index (χ0v) is 15.2. The molecule has 0 saturated carbocycles. The molecule has 0 N–H and O–H groups in total. The zero-order valence-electron chi connectivity index (χ0n) is 15.2. The lowest BCUT2D eigenvalue weighted by atomic mass is 10.0. The average molecular weight is 396 g/mol. The molecule has 0 saturated heterocycles. The largest absolute Gasteiger partial charge is 0.489 e. The number of aromatic nitrogens is 2. The van der Waals surface area contributed by atoms with Crippen LogP contribution in [-0.4, -0.2) is 34.7 Å². The summed E-state index contributed by atoms with van der Waals surface area (Å²) in [6.45, 7) is 2.27. The van der Waals surface area contributed by atoms with Gasteiger partial charge in [0.25, 0.3) is 0 Å². The Balaban J connectivity index is 2.39. The van der Waals surface area contributed by atoms with Crippen LogP contribution in [-0.2, 0) is 16.0 Å². The lowest BCUT2D eigenvalue weighted by molar-refractivity contribution is -0.141. The van der Waals surface area contributed by atoms with Crippen molar-refractivity contribution in [3.8, 4) is 5.75 Å². The number of ether oxygens (including phenoxy) is 2. The number of carbonyl (C=O) groups is 2. The van der Waals surface area contributed by atoms with Crippen LogP contribution in [0, 0.1) is 5.82 Å². The smallest absolute Gasteiger partial charge is 0.333 e. The number of alkyl halides is 2. The molecule has 6 nitrogen and oxygen atoms in total. The minimum atomic E-state index is -3.00. The van der Waals surface area contributed by atoms with Crippen molar-refractivity contribution in [2.45, 2.75) is 26.3 Å². The van der Waals surface area contributed by atoms with E-state index >= 15 is 0 Å². The number of ketones is 1. The van der Waals surface area contributed by atoms with Crippen LogP contribution in [0.15, 0.2) is 37.1 Å². The Bertz CT molecular complexity index is 865. The molecule has 0 unspecified atom stereocenters. The fraction of sp³-hybridized carbons (Fsp3) is 0.316. The first-order chi connectivity index (χ1) is 13.4. The van der Waals surface area contributed by atoms with Gasteiger partial charge in [-0.3, -0.25) is 9.59 Å².